The molecule has 2 aromatic heterocycles. The van der Waals surface area contributed by atoms with Gasteiger partial charge >= 0.3 is 6.18 Å². The Kier molecular flexibility index (Phi) is 5.07. The maximum atomic E-state index is 13.3. The van der Waals surface area contributed by atoms with E-state index in [-0.39, 0.29) is 35.0 Å². The van der Waals surface area contributed by atoms with Crippen molar-refractivity contribution in [3.8, 4) is 17.2 Å². The van der Waals surface area contributed by atoms with E-state index in [9.17, 15) is 23.2 Å². The molecule has 0 atom stereocenters. The van der Waals surface area contributed by atoms with Crippen LogP contribution in [0.5, 0.6) is 0 Å². The maximum Gasteiger partial charge on any atom is 0.416 e. The first-order chi connectivity index (χ1) is 14.8. The number of nitriles is 1. The van der Waals surface area contributed by atoms with Crippen LogP contribution in [0.25, 0.3) is 11.1 Å². The van der Waals surface area contributed by atoms with Crippen LogP contribution in [0, 0.1) is 11.3 Å². The molecule has 0 spiro atoms. The average molecular weight is 423 g/mol. The van der Waals surface area contributed by atoms with Crippen molar-refractivity contribution in [2.45, 2.75) is 19.1 Å². The first-order valence-corrected chi connectivity index (χ1v) is 9.38. The number of halogens is 3. The van der Waals surface area contributed by atoms with Crippen LogP contribution >= 0.6 is 0 Å². The van der Waals surface area contributed by atoms with Crippen LogP contribution in [0.15, 0.2) is 48.8 Å². The molecule has 31 heavy (non-hydrogen) atoms. The van der Waals surface area contributed by atoms with Gasteiger partial charge in [-0.05, 0) is 29.8 Å². The summed E-state index contributed by atoms with van der Waals surface area (Å²) < 4.78 is 39.8. The third kappa shape index (κ3) is 3.80. The number of aromatic nitrogens is 2. The fourth-order valence-corrected chi connectivity index (χ4v) is 3.71. The highest BCUT2D eigenvalue weighted by Crippen LogP contribution is 2.38. The van der Waals surface area contributed by atoms with Gasteiger partial charge in [0.15, 0.2) is 0 Å². The van der Waals surface area contributed by atoms with Crippen LogP contribution in [0.3, 0.4) is 0 Å². The predicted molar refractivity (Wildman–Crippen MR) is 106 cm³/mol. The molecular weight excluding hydrogens is 407 g/mol. The zero-order valence-corrected chi connectivity index (χ0v) is 16.1. The number of carbonyl (C=O) groups is 1. The smallest absolute Gasteiger partial charge is 0.383 e. The third-order valence-corrected chi connectivity index (χ3v) is 5.17. The molecule has 3 aromatic rings. The summed E-state index contributed by atoms with van der Waals surface area (Å²) in [4.78, 5) is 22.7. The van der Waals surface area contributed by atoms with Gasteiger partial charge < -0.3 is 10.6 Å². The lowest BCUT2D eigenvalue weighted by molar-refractivity contribution is -0.137. The van der Waals surface area contributed by atoms with Gasteiger partial charge in [0.25, 0.3) is 5.91 Å². The Hall–Kier alpha value is -3.93. The van der Waals surface area contributed by atoms with Crippen LogP contribution in [-0.4, -0.2) is 27.3 Å². The number of carbonyl (C=O) groups excluding carboxylic acids is 1. The maximum absolute atomic E-state index is 13.3. The zero-order valence-electron chi connectivity index (χ0n) is 16.1. The second-order valence-electron chi connectivity index (χ2n) is 7.08. The molecule has 1 aromatic carbocycles. The molecule has 0 saturated heterocycles. The van der Waals surface area contributed by atoms with Gasteiger partial charge in [0.1, 0.15) is 17.5 Å². The molecule has 1 amide bonds. The molecule has 3 heterocycles. The topological polar surface area (TPSA) is 95.9 Å². The van der Waals surface area contributed by atoms with E-state index in [0.717, 1.165) is 12.1 Å². The van der Waals surface area contributed by atoms with E-state index in [1.165, 1.54) is 18.3 Å². The van der Waals surface area contributed by atoms with Gasteiger partial charge in [-0.2, -0.15) is 18.4 Å². The third-order valence-electron chi connectivity index (χ3n) is 5.17. The van der Waals surface area contributed by atoms with Crippen LogP contribution in [0.2, 0.25) is 0 Å². The second-order valence-corrected chi connectivity index (χ2v) is 7.08. The molecule has 6 nitrogen and oxygen atoms in total. The fourth-order valence-electron chi connectivity index (χ4n) is 3.71. The Morgan fingerprint density at radius 3 is 2.71 bits per heavy atom. The second kappa shape index (κ2) is 7.72. The molecule has 0 saturated carbocycles. The first-order valence-electron chi connectivity index (χ1n) is 9.38. The van der Waals surface area contributed by atoms with Crippen molar-refractivity contribution in [2.24, 2.45) is 0 Å². The van der Waals surface area contributed by atoms with E-state index in [0.29, 0.717) is 29.8 Å². The van der Waals surface area contributed by atoms with Crippen molar-refractivity contribution in [2.75, 3.05) is 12.3 Å². The molecule has 2 N–H and O–H groups in total. The van der Waals surface area contributed by atoms with Crippen LogP contribution < -0.4 is 5.73 Å². The van der Waals surface area contributed by atoms with Gasteiger partial charge in [-0.1, -0.05) is 12.1 Å². The minimum absolute atomic E-state index is 0.00579. The van der Waals surface area contributed by atoms with Crippen LogP contribution in [0.1, 0.15) is 32.7 Å². The Morgan fingerprint density at radius 2 is 2.03 bits per heavy atom. The summed E-state index contributed by atoms with van der Waals surface area (Å²) in [5, 5.41) is 9.66. The zero-order chi connectivity index (χ0) is 22.2. The van der Waals surface area contributed by atoms with E-state index >= 15 is 0 Å². The highest BCUT2D eigenvalue weighted by atomic mass is 19.4. The summed E-state index contributed by atoms with van der Waals surface area (Å²) in [6.45, 7) is 0.456. The highest BCUT2D eigenvalue weighted by Gasteiger charge is 2.32. The van der Waals surface area contributed by atoms with Gasteiger partial charge in [0.05, 0.1) is 16.8 Å². The minimum Gasteiger partial charge on any atom is -0.383 e. The number of pyridine rings is 2. The highest BCUT2D eigenvalue weighted by molar-refractivity contribution is 5.94. The van der Waals surface area contributed by atoms with Crippen molar-refractivity contribution in [3.05, 3.63) is 76.7 Å². The number of amides is 1. The number of nitrogens with two attached hydrogens (primary N) is 1. The fraction of sp³-hybridized carbons (Fsp3) is 0.182. The largest absolute Gasteiger partial charge is 0.416 e. The van der Waals surface area contributed by atoms with E-state index in [2.05, 4.69) is 9.97 Å². The van der Waals surface area contributed by atoms with Crippen molar-refractivity contribution >= 4 is 11.7 Å². The summed E-state index contributed by atoms with van der Waals surface area (Å²) in [5.41, 5.74) is 7.08. The van der Waals surface area contributed by atoms with Gasteiger partial charge in [-0.25, -0.2) is 4.98 Å². The van der Waals surface area contributed by atoms with E-state index in [1.807, 2.05) is 6.07 Å². The number of anilines is 1. The number of hydrogen-bond acceptors (Lipinski definition) is 5. The quantitative estimate of drug-likeness (QED) is 0.676. The first kappa shape index (κ1) is 20.3. The van der Waals surface area contributed by atoms with Gasteiger partial charge in [-0.15, -0.1) is 0 Å². The monoisotopic (exact) mass is 423 g/mol. The Morgan fingerprint density at radius 1 is 1.23 bits per heavy atom. The average Bonchev–Trinajstić information content (AvgIpc) is 2.77. The number of nitrogen functional groups attached to an aromatic ring is 1. The van der Waals surface area contributed by atoms with Crippen LogP contribution in [-0.2, 0) is 19.1 Å². The lowest BCUT2D eigenvalue weighted by Crippen LogP contribution is -2.37. The van der Waals surface area contributed by atoms with Gasteiger partial charge in [0, 0.05) is 43.0 Å². The standard InChI is InChI=1S/C22H16F3N5O/c23-22(24,25)15-5-1-3-13(9-15)19-16(10-26)20(27)29-18-6-8-30(12-17(18)19)21(31)14-4-2-7-28-11-14/h1-5,7,9,11H,6,8,12H2,(H2,27,29). The SMILES string of the molecule is N#Cc1c(N)nc2c(c1-c1cccc(C(F)(F)F)c1)CN(C(=O)c1cccnc1)CC2. The van der Waals surface area contributed by atoms with Crippen molar-refractivity contribution < 1.29 is 18.0 Å². The normalized spacial score (nSPS) is 13.4. The number of nitrogens with zero attached hydrogens (tertiary/aromatic N) is 4. The number of rotatable bonds is 2. The molecule has 0 bridgehead atoms. The summed E-state index contributed by atoms with van der Waals surface area (Å²) in [6, 6.07) is 9.97. The number of alkyl halides is 3. The summed E-state index contributed by atoms with van der Waals surface area (Å²) in [5.74, 6) is -0.301. The Bertz CT molecular complexity index is 1200. The molecule has 4 rings (SSSR count). The molecule has 0 unspecified atom stereocenters. The molecule has 9 heteroatoms. The molecule has 156 valence electrons. The van der Waals surface area contributed by atoms with Crippen molar-refractivity contribution in [3.63, 3.8) is 0 Å². The molecule has 0 radical (unpaired) electrons. The lowest BCUT2D eigenvalue weighted by Gasteiger charge is -2.30. The lowest BCUT2D eigenvalue weighted by atomic mass is 9.90. The van der Waals surface area contributed by atoms with E-state index in [1.54, 1.807) is 23.2 Å². The van der Waals surface area contributed by atoms with Gasteiger partial charge in [-0.3, -0.25) is 9.78 Å². The molecule has 1 aliphatic rings. The van der Waals surface area contributed by atoms with Crippen LogP contribution in [0.4, 0.5) is 19.0 Å². The predicted octanol–water partition coefficient (Wildman–Crippen LogP) is 3.81. The molecular formula is C22H16F3N5O. The summed E-state index contributed by atoms with van der Waals surface area (Å²) in [7, 11) is 0. The van der Waals surface area contributed by atoms with E-state index < -0.39 is 11.7 Å². The molecule has 0 fully saturated rings. The minimum atomic E-state index is -4.54. The van der Waals surface area contributed by atoms with E-state index in [4.69, 9.17) is 5.73 Å². The Labute approximate surface area is 175 Å². The van der Waals surface area contributed by atoms with Gasteiger partial charge in [0.2, 0.25) is 0 Å². The molecule has 1 aliphatic heterocycles. The van der Waals surface area contributed by atoms with Crippen molar-refractivity contribution in [1.82, 2.24) is 14.9 Å². The Balaban J connectivity index is 1.84. The summed E-state index contributed by atoms with van der Waals surface area (Å²) >= 11 is 0. The number of hydrogen-bond donors (Lipinski definition) is 1. The number of fused-ring (bicyclic) bond motifs is 1. The van der Waals surface area contributed by atoms with Crippen molar-refractivity contribution in [1.29, 1.82) is 5.26 Å². The number of benzene rings is 1. The molecule has 0 aliphatic carbocycles. The summed E-state index contributed by atoms with van der Waals surface area (Å²) in [6.07, 6.45) is -1.17.